The molecule has 186 valence electrons. The maximum absolute atomic E-state index is 13.4. The predicted molar refractivity (Wildman–Crippen MR) is 138 cm³/mol. The molecule has 7 nitrogen and oxygen atoms in total. The lowest BCUT2D eigenvalue weighted by Crippen LogP contribution is -2.29. The van der Waals surface area contributed by atoms with Crippen molar-refractivity contribution >= 4 is 23.1 Å². The number of Topliss-reactive ketones (excluding diaryl/α,β-unsaturated/α-hetero) is 1. The molecule has 1 fully saturated rings. The van der Waals surface area contributed by atoms with Crippen molar-refractivity contribution in [3.63, 3.8) is 0 Å². The number of carbonyl (C=O) groups is 2. The Labute approximate surface area is 210 Å². The summed E-state index contributed by atoms with van der Waals surface area (Å²) in [5.41, 5.74) is 2.37. The highest BCUT2D eigenvalue weighted by Crippen LogP contribution is 2.43. The van der Waals surface area contributed by atoms with Crippen molar-refractivity contribution < 1.29 is 28.9 Å². The van der Waals surface area contributed by atoms with Gasteiger partial charge in [0.2, 0.25) is 0 Å². The number of aliphatic hydroxyl groups is 1. The molecule has 3 aromatic rings. The van der Waals surface area contributed by atoms with Gasteiger partial charge in [-0.05, 0) is 86.5 Å². The first kappa shape index (κ1) is 24.9. The number of benzene rings is 3. The maximum Gasteiger partial charge on any atom is 0.300 e. The second-order valence-corrected chi connectivity index (χ2v) is 8.28. The highest BCUT2D eigenvalue weighted by atomic mass is 16.5. The SMILES string of the molecule is CCOc1ccc(C2/C(=C(/O)c3ccc(OC)cc3C)C(=O)C(=O)N2c2ccc(OCC)cc2)cc1. The van der Waals surface area contributed by atoms with Crippen molar-refractivity contribution in [3.8, 4) is 17.2 Å². The summed E-state index contributed by atoms with van der Waals surface area (Å²) in [4.78, 5) is 28.1. The van der Waals surface area contributed by atoms with Crippen LogP contribution in [-0.4, -0.2) is 37.1 Å². The van der Waals surface area contributed by atoms with Gasteiger partial charge in [0, 0.05) is 11.3 Å². The van der Waals surface area contributed by atoms with Gasteiger partial charge < -0.3 is 19.3 Å². The summed E-state index contributed by atoms with van der Waals surface area (Å²) in [7, 11) is 1.56. The fourth-order valence-electron chi connectivity index (χ4n) is 4.37. The maximum atomic E-state index is 13.4. The van der Waals surface area contributed by atoms with E-state index >= 15 is 0 Å². The van der Waals surface area contributed by atoms with Gasteiger partial charge in [-0.25, -0.2) is 0 Å². The third kappa shape index (κ3) is 4.64. The largest absolute Gasteiger partial charge is 0.507 e. The fourth-order valence-corrected chi connectivity index (χ4v) is 4.37. The molecule has 4 rings (SSSR count). The summed E-state index contributed by atoms with van der Waals surface area (Å²) in [6.07, 6.45) is 0. The van der Waals surface area contributed by atoms with Crippen LogP contribution in [0.3, 0.4) is 0 Å². The van der Waals surface area contributed by atoms with E-state index < -0.39 is 17.7 Å². The van der Waals surface area contributed by atoms with Crippen LogP contribution in [0.4, 0.5) is 5.69 Å². The second-order valence-electron chi connectivity index (χ2n) is 8.28. The molecular formula is C29H29NO6. The Morgan fingerprint density at radius 1 is 0.861 bits per heavy atom. The molecule has 1 N–H and O–H groups in total. The topological polar surface area (TPSA) is 85.3 Å². The molecule has 1 heterocycles. The van der Waals surface area contributed by atoms with Crippen LogP contribution in [0.25, 0.3) is 5.76 Å². The minimum atomic E-state index is -0.833. The number of amides is 1. The van der Waals surface area contributed by atoms with Crippen molar-refractivity contribution in [1.82, 2.24) is 0 Å². The van der Waals surface area contributed by atoms with E-state index in [0.717, 1.165) is 0 Å². The van der Waals surface area contributed by atoms with Crippen molar-refractivity contribution in [2.45, 2.75) is 26.8 Å². The lowest BCUT2D eigenvalue weighted by Gasteiger charge is -2.26. The van der Waals surface area contributed by atoms with Gasteiger partial charge in [0.1, 0.15) is 23.0 Å². The van der Waals surface area contributed by atoms with Crippen LogP contribution >= 0.6 is 0 Å². The number of ketones is 1. The Bertz CT molecular complexity index is 1290. The highest BCUT2D eigenvalue weighted by Gasteiger charge is 2.47. The summed E-state index contributed by atoms with van der Waals surface area (Å²) in [6, 6.07) is 18.5. The van der Waals surface area contributed by atoms with E-state index in [1.165, 1.54) is 4.90 Å². The molecule has 1 atom stereocenters. The van der Waals surface area contributed by atoms with Crippen LogP contribution in [-0.2, 0) is 9.59 Å². The summed E-state index contributed by atoms with van der Waals surface area (Å²) in [5.74, 6) is 0.249. The molecular weight excluding hydrogens is 458 g/mol. The number of hydrogen-bond acceptors (Lipinski definition) is 6. The number of anilines is 1. The molecule has 0 spiro atoms. The van der Waals surface area contributed by atoms with Crippen molar-refractivity contribution in [3.05, 3.63) is 89.0 Å². The van der Waals surface area contributed by atoms with E-state index in [1.807, 2.05) is 20.8 Å². The van der Waals surface area contributed by atoms with Gasteiger partial charge in [0.05, 0.1) is 31.9 Å². The van der Waals surface area contributed by atoms with Gasteiger partial charge in [0.25, 0.3) is 11.7 Å². The smallest absolute Gasteiger partial charge is 0.300 e. The number of hydrogen-bond donors (Lipinski definition) is 1. The van der Waals surface area contributed by atoms with Crippen LogP contribution in [0.15, 0.2) is 72.3 Å². The highest BCUT2D eigenvalue weighted by molar-refractivity contribution is 6.51. The molecule has 36 heavy (non-hydrogen) atoms. The number of methoxy groups -OCH3 is 1. The summed E-state index contributed by atoms with van der Waals surface area (Å²) >= 11 is 0. The standard InChI is InChI=1S/C29H29NO6/c1-5-35-21-11-7-19(8-12-21)26-25(27(31)24-16-15-23(34-4)17-18(24)3)28(32)29(33)30(26)20-9-13-22(14-10-20)36-6-2/h7-17,26,31H,5-6H2,1-4H3/b27-25-. The third-order valence-electron chi connectivity index (χ3n) is 6.07. The van der Waals surface area contributed by atoms with Gasteiger partial charge in [-0.15, -0.1) is 0 Å². The first-order valence-electron chi connectivity index (χ1n) is 11.8. The lowest BCUT2D eigenvalue weighted by atomic mass is 9.93. The molecule has 1 aliphatic rings. The van der Waals surface area contributed by atoms with E-state index in [4.69, 9.17) is 14.2 Å². The number of aryl methyl sites for hydroxylation is 1. The van der Waals surface area contributed by atoms with E-state index in [1.54, 1.807) is 73.8 Å². The Hall–Kier alpha value is -4.26. The molecule has 0 saturated carbocycles. The monoisotopic (exact) mass is 487 g/mol. The number of ether oxygens (including phenoxy) is 3. The molecule has 7 heteroatoms. The van der Waals surface area contributed by atoms with Crippen molar-refractivity contribution in [1.29, 1.82) is 0 Å². The molecule has 0 aromatic heterocycles. The van der Waals surface area contributed by atoms with Gasteiger partial charge in [-0.1, -0.05) is 12.1 Å². The molecule has 0 bridgehead atoms. The molecule has 1 amide bonds. The predicted octanol–water partition coefficient (Wildman–Crippen LogP) is 5.43. The van der Waals surface area contributed by atoms with E-state index in [2.05, 4.69) is 0 Å². The first-order chi connectivity index (χ1) is 17.4. The number of rotatable bonds is 8. The molecule has 1 saturated heterocycles. The van der Waals surface area contributed by atoms with Crippen LogP contribution in [0.2, 0.25) is 0 Å². The number of nitrogens with zero attached hydrogens (tertiary/aromatic N) is 1. The van der Waals surface area contributed by atoms with Crippen LogP contribution < -0.4 is 19.1 Å². The summed E-state index contributed by atoms with van der Waals surface area (Å²) < 4.78 is 16.4. The number of carbonyl (C=O) groups excluding carboxylic acids is 2. The zero-order chi connectivity index (χ0) is 25.8. The average Bonchev–Trinajstić information content (AvgIpc) is 3.15. The Balaban J connectivity index is 1.88. The van der Waals surface area contributed by atoms with E-state index in [0.29, 0.717) is 52.8 Å². The summed E-state index contributed by atoms with van der Waals surface area (Å²) in [5, 5.41) is 11.4. The molecule has 0 aliphatic carbocycles. The zero-order valence-electron chi connectivity index (χ0n) is 20.8. The van der Waals surface area contributed by atoms with Gasteiger partial charge in [-0.3, -0.25) is 14.5 Å². The van der Waals surface area contributed by atoms with Crippen LogP contribution in [0, 0.1) is 6.92 Å². The Morgan fingerprint density at radius 2 is 1.42 bits per heavy atom. The van der Waals surface area contributed by atoms with E-state index in [-0.39, 0.29) is 11.3 Å². The normalized spacial score (nSPS) is 16.8. The van der Waals surface area contributed by atoms with Gasteiger partial charge >= 0.3 is 0 Å². The lowest BCUT2D eigenvalue weighted by molar-refractivity contribution is -0.132. The Kier molecular flexibility index (Phi) is 7.29. The Morgan fingerprint density at radius 3 is 1.94 bits per heavy atom. The summed E-state index contributed by atoms with van der Waals surface area (Å²) in [6.45, 7) is 6.62. The van der Waals surface area contributed by atoms with E-state index in [9.17, 15) is 14.7 Å². The molecule has 0 radical (unpaired) electrons. The fraction of sp³-hybridized carbons (Fsp3) is 0.241. The average molecular weight is 488 g/mol. The quantitative estimate of drug-likeness (QED) is 0.259. The molecule has 1 unspecified atom stereocenters. The van der Waals surface area contributed by atoms with Gasteiger partial charge in [0.15, 0.2) is 0 Å². The van der Waals surface area contributed by atoms with Crippen LogP contribution in [0.1, 0.15) is 36.6 Å². The molecule has 3 aromatic carbocycles. The second kappa shape index (κ2) is 10.6. The van der Waals surface area contributed by atoms with Crippen molar-refractivity contribution in [2.75, 3.05) is 25.2 Å². The third-order valence-corrected chi connectivity index (χ3v) is 6.07. The molecule has 1 aliphatic heterocycles. The van der Waals surface area contributed by atoms with Crippen LogP contribution in [0.5, 0.6) is 17.2 Å². The minimum absolute atomic E-state index is 0.0197. The van der Waals surface area contributed by atoms with Gasteiger partial charge in [-0.2, -0.15) is 0 Å². The van der Waals surface area contributed by atoms with Crippen molar-refractivity contribution in [2.24, 2.45) is 0 Å². The first-order valence-corrected chi connectivity index (χ1v) is 11.8. The minimum Gasteiger partial charge on any atom is -0.507 e. The number of aliphatic hydroxyl groups excluding tert-OH is 1. The zero-order valence-corrected chi connectivity index (χ0v) is 20.8.